The second-order valence-corrected chi connectivity index (χ2v) is 7.47. The fourth-order valence-electron chi connectivity index (χ4n) is 3.31. The van der Waals surface area contributed by atoms with E-state index in [-0.39, 0.29) is 17.5 Å². The summed E-state index contributed by atoms with van der Waals surface area (Å²) in [5.41, 5.74) is 0.578. The lowest BCUT2D eigenvalue weighted by Gasteiger charge is -2.35. The van der Waals surface area contributed by atoms with Gasteiger partial charge in [0.15, 0.2) is 5.16 Å². The van der Waals surface area contributed by atoms with E-state index in [1.807, 2.05) is 4.90 Å². The van der Waals surface area contributed by atoms with E-state index in [0.29, 0.717) is 49.3 Å². The van der Waals surface area contributed by atoms with Gasteiger partial charge in [-0.15, -0.1) is 0 Å². The van der Waals surface area contributed by atoms with Gasteiger partial charge in [-0.2, -0.15) is 0 Å². The molecule has 0 spiro atoms. The second-order valence-electron chi connectivity index (χ2n) is 6.48. The Kier molecular flexibility index (Phi) is 4.62. The number of piperazine rings is 1. The summed E-state index contributed by atoms with van der Waals surface area (Å²) in [5, 5.41) is 0.712. The van der Waals surface area contributed by atoms with Gasteiger partial charge in [-0.1, -0.05) is 11.8 Å². The zero-order valence-corrected chi connectivity index (χ0v) is 15.4. The standard InChI is InChI=1S/C17H20N6O2S/c1-12-10-20-17-23(15(12)25)13(11-26-17)9-14(24)21-5-7-22(8-6-21)16-18-3-2-4-19-16/h2-4,10,13H,5-9,11H2,1H3. The van der Waals surface area contributed by atoms with Gasteiger partial charge in [0.25, 0.3) is 5.56 Å². The number of amides is 1. The summed E-state index contributed by atoms with van der Waals surface area (Å²) in [6.45, 7) is 4.48. The molecule has 0 saturated carbocycles. The Morgan fingerprint density at radius 3 is 2.65 bits per heavy atom. The van der Waals surface area contributed by atoms with Crippen molar-refractivity contribution in [2.24, 2.45) is 0 Å². The minimum Gasteiger partial charge on any atom is -0.339 e. The molecular formula is C17H20N6O2S. The van der Waals surface area contributed by atoms with Crippen molar-refractivity contribution in [2.45, 2.75) is 24.5 Å². The van der Waals surface area contributed by atoms with Crippen molar-refractivity contribution in [2.75, 3.05) is 36.8 Å². The summed E-state index contributed by atoms with van der Waals surface area (Å²) in [7, 11) is 0. The number of aryl methyl sites for hydroxylation is 1. The molecule has 0 radical (unpaired) electrons. The quantitative estimate of drug-likeness (QED) is 0.734. The molecule has 1 fully saturated rings. The first-order chi connectivity index (χ1) is 12.6. The number of fused-ring (bicyclic) bond motifs is 1. The fraction of sp³-hybridized carbons (Fsp3) is 0.471. The lowest BCUT2D eigenvalue weighted by molar-refractivity contribution is -0.132. The van der Waals surface area contributed by atoms with Gasteiger partial charge < -0.3 is 9.80 Å². The Balaban J connectivity index is 1.39. The molecule has 1 saturated heterocycles. The van der Waals surface area contributed by atoms with E-state index < -0.39 is 0 Å². The van der Waals surface area contributed by atoms with E-state index in [1.165, 1.54) is 0 Å². The van der Waals surface area contributed by atoms with E-state index in [1.54, 1.807) is 47.9 Å². The fourth-order valence-corrected chi connectivity index (χ4v) is 4.42. The summed E-state index contributed by atoms with van der Waals surface area (Å²) in [5.74, 6) is 1.51. The van der Waals surface area contributed by atoms with Gasteiger partial charge in [-0.3, -0.25) is 14.2 Å². The van der Waals surface area contributed by atoms with E-state index >= 15 is 0 Å². The lowest BCUT2D eigenvalue weighted by Crippen LogP contribution is -2.49. The molecule has 4 heterocycles. The van der Waals surface area contributed by atoms with Crippen molar-refractivity contribution in [1.82, 2.24) is 24.4 Å². The third-order valence-electron chi connectivity index (χ3n) is 4.78. The number of carbonyl (C=O) groups excluding carboxylic acids is 1. The molecule has 8 nitrogen and oxygen atoms in total. The van der Waals surface area contributed by atoms with Gasteiger partial charge in [0, 0.05) is 62.5 Å². The van der Waals surface area contributed by atoms with Gasteiger partial charge in [0.1, 0.15) is 0 Å². The molecule has 9 heteroatoms. The van der Waals surface area contributed by atoms with Crippen molar-refractivity contribution >= 4 is 23.6 Å². The SMILES string of the molecule is Cc1cnc2n(c1=O)C(CC(=O)N1CCN(c3ncccn3)CC1)CS2. The molecule has 0 aliphatic carbocycles. The van der Waals surface area contributed by atoms with Crippen LogP contribution in [-0.2, 0) is 4.79 Å². The minimum atomic E-state index is -0.113. The minimum absolute atomic E-state index is 0.0381. The van der Waals surface area contributed by atoms with Crippen molar-refractivity contribution < 1.29 is 4.79 Å². The highest BCUT2D eigenvalue weighted by atomic mass is 32.2. The zero-order chi connectivity index (χ0) is 18.1. The van der Waals surface area contributed by atoms with Crippen LogP contribution in [0.5, 0.6) is 0 Å². The molecule has 0 N–H and O–H groups in total. The first kappa shape index (κ1) is 17.0. The van der Waals surface area contributed by atoms with Gasteiger partial charge in [-0.05, 0) is 13.0 Å². The summed E-state index contributed by atoms with van der Waals surface area (Å²) < 4.78 is 1.69. The van der Waals surface area contributed by atoms with Crippen LogP contribution in [0.2, 0.25) is 0 Å². The van der Waals surface area contributed by atoms with E-state index in [0.717, 1.165) is 5.75 Å². The predicted molar refractivity (Wildman–Crippen MR) is 98.4 cm³/mol. The molecule has 1 unspecified atom stereocenters. The van der Waals surface area contributed by atoms with Crippen LogP contribution in [0.25, 0.3) is 0 Å². The molecule has 2 aliphatic heterocycles. The number of rotatable bonds is 3. The van der Waals surface area contributed by atoms with Crippen LogP contribution < -0.4 is 10.5 Å². The normalized spacial score (nSPS) is 19.5. The smallest absolute Gasteiger partial charge is 0.257 e. The van der Waals surface area contributed by atoms with E-state index in [2.05, 4.69) is 19.9 Å². The number of hydrogen-bond acceptors (Lipinski definition) is 7. The van der Waals surface area contributed by atoms with Gasteiger partial charge >= 0.3 is 0 Å². The Morgan fingerprint density at radius 1 is 1.19 bits per heavy atom. The Morgan fingerprint density at radius 2 is 1.92 bits per heavy atom. The summed E-state index contributed by atoms with van der Waals surface area (Å²) >= 11 is 1.54. The average Bonchev–Trinajstić information content (AvgIpc) is 3.09. The van der Waals surface area contributed by atoms with Gasteiger partial charge in [-0.25, -0.2) is 15.0 Å². The maximum atomic E-state index is 12.7. The highest BCUT2D eigenvalue weighted by Gasteiger charge is 2.30. The summed E-state index contributed by atoms with van der Waals surface area (Å²) in [4.78, 5) is 41.9. The van der Waals surface area contributed by atoms with Crippen molar-refractivity contribution in [3.8, 4) is 0 Å². The van der Waals surface area contributed by atoms with Crippen LogP contribution in [0, 0.1) is 6.92 Å². The number of thioether (sulfide) groups is 1. The summed E-state index contributed by atoms with van der Waals surface area (Å²) in [6.07, 6.45) is 5.40. The van der Waals surface area contributed by atoms with E-state index in [9.17, 15) is 9.59 Å². The third-order valence-corrected chi connectivity index (χ3v) is 5.89. The second kappa shape index (κ2) is 7.06. The molecule has 2 aromatic heterocycles. The monoisotopic (exact) mass is 372 g/mol. The zero-order valence-electron chi connectivity index (χ0n) is 14.5. The molecule has 0 aromatic carbocycles. The predicted octanol–water partition coefficient (Wildman–Crippen LogP) is 0.727. The van der Waals surface area contributed by atoms with Crippen LogP contribution in [0.15, 0.2) is 34.6 Å². The van der Waals surface area contributed by atoms with Crippen LogP contribution in [0.3, 0.4) is 0 Å². The first-order valence-electron chi connectivity index (χ1n) is 8.64. The van der Waals surface area contributed by atoms with Crippen molar-refractivity contribution in [3.05, 3.63) is 40.6 Å². The highest BCUT2D eigenvalue weighted by molar-refractivity contribution is 7.99. The van der Waals surface area contributed by atoms with Gasteiger partial charge in [0.2, 0.25) is 11.9 Å². The molecule has 0 bridgehead atoms. The molecule has 1 atom stereocenters. The molecule has 136 valence electrons. The van der Waals surface area contributed by atoms with Crippen LogP contribution in [0.1, 0.15) is 18.0 Å². The Bertz CT molecular complexity index is 863. The molecule has 2 aliphatic rings. The van der Waals surface area contributed by atoms with Crippen LogP contribution >= 0.6 is 11.8 Å². The number of carbonyl (C=O) groups is 1. The Hall–Kier alpha value is -2.42. The first-order valence-corrected chi connectivity index (χ1v) is 9.62. The van der Waals surface area contributed by atoms with Crippen LogP contribution in [-0.4, -0.2) is 62.3 Å². The number of hydrogen-bond donors (Lipinski definition) is 0. The summed E-state index contributed by atoms with van der Waals surface area (Å²) in [6, 6.07) is 1.68. The molecule has 1 amide bonds. The Labute approximate surface area is 155 Å². The maximum Gasteiger partial charge on any atom is 0.257 e. The van der Waals surface area contributed by atoms with Crippen molar-refractivity contribution in [3.63, 3.8) is 0 Å². The number of nitrogens with zero attached hydrogens (tertiary/aromatic N) is 6. The van der Waals surface area contributed by atoms with Crippen LogP contribution in [0.4, 0.5) is 5.95 Å². The molecular weight excluding hydrogens is 352 g/mol. The topological polar surface area (TPSA) is 84.2 Å². The molecule has 2 aromatic rings. The largest absolute Gasteiger partial charge is 0.339 e. The number of anilines is 1. The number of aromatic nitrogens is 4. The highest BCUT2D eigenvalue weighted by Crippen LogP contribution is 2.32. The van der Waals surface area contributed by atoms with E-state index in [4.69, 9.17) is 0 Å². The van der Waals surface area contributed by atoms with Gasteiger partial charge in [0.05, 0.1) is 6.04 Å². The lowest BCUT2D eigenvalue weighted by atomic mass is 10.2. The third kappa shape index (κ3) is 3.18. The maximum absolute atomic E-state index is 12.7. The molecule has 4 rings (SSSR count). The average molecular weight is 372 g/mol. The molecule has 26 heavy (non-hydrogen) atoms. The van der Waals surface area contributed by atoms with Crippen molar-refractivity contribution in [1.29, 1.82) is 0 Å².